The van der Waals surface area contributed by atoms with Crippen molar-refractivity contribution in [2.45, 2.75) is 34.6 Å². The van der Waals surface area contributed by atoms with E-state index in [1.807, 2.05) is 52.0 Å². The zero-order valence-electron chi connectivity index (χ0n) is 13.9. The number of carbonyl (C=O) groups excluding carboxylic acids is 1. The average Bonchev–Trinajstić information content (AvgIpc) is 2.52. The molecule has 0 atom stereocenters. The molecule has 114 valence electrons. The van der Waals surface area contributed by atoms with E-state index in [1.165, 1.54) is 5.69 Å². The molecule has 0 aliphatic carbocycles. The van der Waals surface area contributed by atoms with E-state index in [-0.39, 0.29) is 5.78 Å². The summed E-state index contributed by atoms with van der Waals surface area (Å²) < 4.78 is 0. The lowest BCUT2D eigenvalue weighted by molar-refractivity contribution is 0.101. The summed E-state index contributed by atoms with van der Waals surface area (Å²) >= 11 is 0. The Labute approximate surface area is 124 Å². The molecule has 20 heavy (non-hydrogen) atoms. The monoisotopic (exact) mass is 278 g/mol. The molecule has 1 aromatic rings. The van der Waals surface area contributed by atoms with E-state index in [9.17, 15) is 4.79 Å². The van der Waals surface area contributed by atoms with Gasteiger partial charge in [0, 0.05) is 37.4 Å². The summed E-state index contributed by atoms with van der Waals surface area (Å²) in [6.07, 6.45) is 0. The molecule has 1 aliphatic rings. The minimum absolute atomic E-state index is 0.130. The number of hydrogen-bond donors (Lipinski definition) is 0. The van der Waals surface area contributed by atoms with Crippen LogP contribution >= 0.6 is 0 Å². The van der Waals surface area contributed by atoms with Crippen molar-refractivity contribution in [2.24, 2.45) is 0 Å². The fraction of sp³-hybridized carbons (Fsp3) is 0.588. The van der Waals surface area contributed by atoms with Gasteiger partial charge < -0.3 is 9.80 Å². The summed E-state index contributed by atoms with van der Waals surface area (Å²) in [5.74, 6) is 0.130. The van der Waals surface area contributed by atoms with Crippen LogP contribution in [0.15, 0.2) is 24.3 Å². The Morgan fingerprint density at radius 1 is 0.900 bits per heavy atom. The standard InChI is InChI=1S/C13H18N2O.2C2H6/c1-11(16)12-3-5-13(6-4-12)15-9-7-14(2)8-10-15;2*1-2/h3-6H,7-10H2,1-2H3;2*1-2H3. The second kappa shape index (κ2) is 10.4. The summed E-state index contributed by atoms with van der Waals surface area (Å²) in [6.45, 7) is 13.9. The maximum atomic E-state index is 11.2. The second-order valence-electron chi connectivity index (χ2n) is 4.39. The summed E-state index contributed by atoms with van der Waals surface area (Å²) in [5.41, 5.74) is 2.01. The van der Waals surface area contributed by atoms with Crippen LogP contribution in [0.3, 0.4) is 0 Å². The Bertz CT molecular complexity index is 365. The molecule has 1 aliphatic heterocycles. The average molecular weight is 278 g/mol. The fourth-order valence-corrected chi connectivity index (χ4v) is 1.97. The van der Waals surface area contributed by atoms with Crippen LogP contribution < -0.4 is 4.90 Å². The largest absolute Gasteiger partial charge is 0.369 e. The van der Waals surface area contributed by atoms with Crippen LogP contribution in [0, 0.1) is 0 Å². The van der Waals surface area contributed by atoms with Gasteiger partial charge in [-0.3, -0.25) is 4.79 Å². The smallest absolute Gasteiger partial charge is 0.159 e. The summed E-state index contributed by atoms with van der Waals surface area (Å²) in [4.78, 5) is 15.9. The first-order valence-electron chi connectivity index (χ1n) is 7.71. The highest BCUT2D eigenvalue weighted by Gasteiger charge is 2.14. The normalized spacial score (nSPS) is 14.6. The third-order valence-corrected chi connectivity index (χ3v) is 3.14. The number of likely N-dealkylation sites (N-methyl/N-ethyl adjacent to an activating group) is 1. The van der Waals surface area contributed by atoms with Gasteiger partial charge in [-0.1, -0.05) is 27.7 Å². The molecule has 0 spiro atoms. The van der Waals surface area contributed by atoms with Crippen molar-refractivity contribution < 1.29 is 4.79 Å². The van der Waals surface area contributed by atoms with Gasteiger partial charge in [0.25, 0.3) is 0 Å². The number of nitrogens with zero attached hydrogens (tertiary/aromatic N) is 2. The van der Waals surface area contributed by atoms with Crippen molar-refractivity contribution in [1.29, 1.82) is 0 Å². The number of benzene rings is 1. The molecule has 1 fully saturated rings. The molecule has 1 heterocycles. The molecule has 3 nitrogen and oxygen atoms in total. The number of Topliss-reactive ketones (excluding diaryl/α,β-unsaturated/α-hetero) is 1. The Hall–Kier alpha value is -1.35. The van der Waals surface area contributed by atoms with E-state index in [0.29, 0.717) is 0 Å². The van der Waals surface area contributed by atoms with Gasteiger partial charge in [-0.25, -0.2) is 0 Å². The van der Waals surface area contributed by atoms with Crippen LogP contribution in [-0.2, 0) is 0 Å². The van der Waals surface area contributed by atoms with Gasteiger partial charge in [-0.2, -0.15) is 0 Å². The van der Waals surface area contributed by atoms with Gasteiger partial charge in [-0.15, -0.1) is 0 Å². The van der Waals surface area contributed by atoms with Crippen LogP contribution in [0.25, 0.3) is 0 Å². The van der Waals surface area contributed by atoms with Gasteiger partial charge in [0.05, 0.1) is 0 Å². The lowest BCUT2D eigenvalue weighted by Crippen LogP contribution is -2.44. The molecule has 0 bridgehead atoms. The predicted octanol–water partition coefficient (Wildman–Crippen LogP) is 3.69. The third kappa shape index (κ3) is 5.74. The first-order chi connectivity index (χ1) is 9.66. The number of carbonyl (C=O) groups is 1. The minimum Gasteiger partial charge on any atom is -0.369 e. The molecule has 2 rings (SSSR count). The van der Waals surface area contributed by atoms with Crippen molar-refractivity contribution in [3.8, 4) is 0 Å². The van der Waals surface area contributed by atoms with E-state index in [0.717, 1.165) is 31.7 Å². The van der Waals surface area contributed by atoms with Gasteiger partial charge in [0.1, 0.15) is 0 Å². The minimum atomic E-state index is 0.130. The molecule has 0 unspecified atom stereocenters. The van der Waals surface area contributed by atoms with Crippen LogP contribution in [0.5, 0.6) is 0 Å². The van der Waals surface area contributed by atoms with Crippen LogP contribution in [-0.4, -0.2) is 43.9 Å². The van der Waals surface area contributed by atoms with Crippen LogP contribution in [0.4, 0.5) is 5.69 Å². The van der Waals surface area contributed by atoms with Gasteiger partial charge >= 0.3 is 0 Å². The Morgan fingerprint density at radius 3 is 1.75 bits per heavy atom. The Kier molecular flexibility index (Phi) is 9.73. The van der Waals surface area contributed by atoms with Crippen molar-refractivity contribution in [3.05, 3.63) is 29.8 Å². The van der Waals surface area contributed by atoms with Crippen LogP contribution in [0.1, 0.15) is 45.0 Å². The topological polar surface area (TPSA) is 23.6 Å². The maximum absolute atomic E-state index is 11.2. The number of rotatable bonds is 2. The van der Waals surface area contributed by atoms with Crippen LogP contribution in [0.2, 0.25) is 0 Å². The molecule has 1 saturated heterocycles. The quantitative estimate of drug-likeness (QED) is 0.771. The molecule has 0 radical (unpaired) electrons. The highest BCUT2D eigenvalue weighted by Crippen LogP contribution is 2.17. The van der Waals surface area contributed by atoms with Crippen molar-refractivity contribution >= 4 is 11.5 Å². The third-order valence-electron chi connectivity index (χ3n) is 3.14. The molecule has 0 saturated carbocycles. The number of piperazine rings is 1. The SMILES string of the molecule is CC.CC.CC(=O)c1ccc(N2CCN(C)CC2)cc1. The Balaban J connectivity index is 0.000000829. The van der Waals surface area contributed by atoms with Gasteiger partial charge in [0.15, 0.2) is 5.78 Å². The summed E-state index contributed by atoms with van der Waals surface area (Å²) in [6, 6.07) is 7.91. The van der Waals surface area contributed by atoms with Crippen molar-refractivity contribution in [1.82, 2.24) is 4.90 Å². The number of anilines is 1. The fourth-order valence-electron chi connectivity index (χ4n) is 1.97. The molecule has 0 N–H and O–H groups in total. The zero-order valence-corrected chi connectivity index (χ0v) is 13.9. The molecular formula is C17H30N2O. The summed E-state index contributed by atoms with van der Waals surface area (Å²) in [5, 5.41) is 0. The van der Waals surface area contributed by atoms with Gasteiger partial charge in [-0.05, 0) is 38.2 Å². The molecular weight excluding hydrogens is 248 g/mol. The number of hydrogen-bond acceptors (Lipinski definition) is 3. The van der Waals surface area contributed by atoms with E-state index in [4.69, 9.17) is 0 Å². The van der Waals surface area contributed by atoms with E-state index < -0.39 is 0 Å². The van der Waals surface area contributed by atoms with Crippen molar-refractivity contribution in [3.63, 3.8) is 0 Å². The highest BCUT2D eigenvalue weighted by atomic mass is 16.1. The molecule has 1 aromatic carbocycles. The summed E-state index contributed by atoms with van der Waals surface area (Å²) in [7, 11) is 2.15. The van der Waals surface area contributed by atoms with E-state index in [1.54, 1.807) is 6.92 Å². The first-order valence-corrected chi connectivity index (χ1v) is 7.71. The lowest BCUT2D eigenvalue weighted by Gasteiger charge is -2.34. The predicted molar refractivity (Wildman–Crippen MR) is 88.9 cm³/mol. The Morgan fingerprint density at radius 2 is 1.35 bits per heavy atom. The van der Waals surface area contributed by atoms with E-state index >= 15 is 0 Å². The lowest BCUT2D eigenvalue weighted by atomic mass is 10.1. The van der Waals surface area contributed by atoms with Gasteiger partial charge in [0.2, 0.25) is 0 Å². The van der Waals surface area contributed by atoms with E-state index in [2.05, 4.69) is 16.8 Å². The first kappa shape index (κ1) is 18.7. The maximum Gasteiger partial charge on any atom is 0.159 e. The zero-order chi connectivity index (χ0) is 15.5. The molecule has 0 amide bonds. The number of ketones is 1. The molecule has 0 aromatic heterocycles. The highest BCUT2D eigenvalue weighted by molar-refractivity contribution is 5.94. The second-order valence-corrected chi connectivity index (χ2v) is 4.39. The van der Waals surface area contributed by atoms with Crippen molar-refractivity contribution in [2.75, 3.05) is 38.1 Å². The molecule has 3 heteroatoms.